The van der Waals surface area contributed by atoms with E-state index in [4.69, 9.17) is 26.3 Å². The Morgan fingerprint density at radius 2 is 2.07 bits per heavy atom. The molecule has 5 rings (SSSR count). The summed E-state index contributed by atoms with van der Waals surface area (Å²) in [5.41, 5.74) is 4.73. The van der Waals surface area contributed by atoms with Crippen LogP contribution in [-0.2, 0) is 23.3 Å². The summed E-state index contributed by atoms with van der Waals surface area (Å²) in [6, 6.07) is 8.17. The van der Waals surface area contributed by atoms with Crippen LogP contribution in [0.3, 0.4) is 0 Å². The molecular formula is C22H27ClN4O. The van der Waals surface area contributed by atoms with Crippen molar-refractivity contribution in [3.63, 3.8) is 0 Å². The van der Waals surface area contributed by atoms with Crippen molar-refractivity contribution in [2.24, 2.45) is 5.92 Å². The van der Waals surface area contributed by atoms with Gasteiger partial charge in [0.25, 0.3) is 0 Å². The highest BCUT2D eigenvalue weighted by atomic mass is 35.5. The monoisotopic (exact) mass is 398 g/mol. The lowest BCUT2D eigenvalue weighted by Crippen LogP contribution is -2.41. The predicted octanol–water partition coefficient (Wildman–Crippen LogP) is 3.93. The van der Waals surface area contributed by atoms with Crippen LogP contribution in [0.5, 0.6) is 0 Å². The molecule has 148 valence electrons. The molecule has 2 aromatic rings. The van der Waals surface area contributed by atoms with Gasteiger partial charge in [0.05, 0.1) is 24.3 Å². The SMILES string of the molecule is Cc1nc(NCC2CC2)nc2c1COC[C@@]21CCN(Cc2ccc(Cl)cc2)C1. The minimum Gasteiger partial charge on any atom is -0.376 e. The van der Waals surface area contributed by atoms with Crippen molar-refractivity contribution < 1.29 is 4.74 Å². The molecule has 1 spiro atoms. The lowest BCUT2D eigenvalue weighted by molar-refractivity contribution is 0.0498. The molecule has 1 aliphatic carbocycles. The van der Waals surface area contributed by atoms with E-state index < -0.39 is 0 Å². The van der Waals surface area contributed by atoms with Crippen molar-refractivity contribution in [2.45, 2.75) is 44.8 Å². The molecule has 6 heteroatoms. The van der Waals surface area contributed by atoms with Crippen molar-refractivity contribution in [1.82, 2.24) is 14.9 Å². The number of anilines is 1. The Morgan fingerprint density at radius 1 is 1.25 bits per heavy atom. The maximum atomic E-state index is 6.03. The number of rotatable bonds is 5. The van der Waals surface area contributed by atoms with Crippen LogP contribution in [0.25, 0.3) is 0 Å². The highest BCUT2D eigenvalue weighted by Gasteiger charge is 2.45. The van der Waals surface area contributed by atoms with E-state index in [1.54, 1.807) is 0 Å². The van der Waals surface area contributed by atoms with Gasteiger partial charge in [0.1, 0.15) is 0 Å². The largest absolute Gasteiger partial charge is 0.376 e. The Bertz CT molecular complexity index is 868. The first-order chi connectivity index (χ1) is 13.6. The summed E-state index contributed by atoms with van der Waals surface area (Å²) in [5, 5.41) is 4.26. The first-order valence-corrected chi connectivity index (χ1v) is 10.7. The molecule has 0 unspecified atom stereocenters. The average molecular weight is 399 g/mol. The van der Waals surface area contributed by atoms with Gasteiger partial charge in [-0.25, -0.2) is 9.97 Å². The lowest BCUT2D eigenvalue weighted by Gasteiger charge is -2.35. The maximum Gasteiger partial charge on any atom is 0.223 e. The molecule has 3 aliphatic rings. The standard InChI is InChI=1S/C22H27ClN4O/c1-15-19-12-28-14-22(20(19)26-21(25-15)24-10-16-2-3-16)8-9-27(13-22)11-17-4-6-18(23)7-5-17/h4-7,16H,2-3,8-14H2,1H3,(H,24,25,26)/t22-/m0/s1. The smallest absolute Gasteiger partial charge is 0.223 e. The quantitative estimate of drug-likeness (QED) is 0.826. The summed E-state index contributed by atoms with van der Waals surface area (Å²) >= 11 is 6.03. The van der Waals surface area contributed by atoms with Crippen LogP contribution in [0.4, 0.5) is 5.95 Å². The number of halogens is 1. The van der Waals surface area contributed by atoms with Crippen molar-refractivity contribution in [2.75, 3.05) is 31.6 Å². The molecule has 2 fully saturated rings. The van der Waals surface area contributed by atoms with Gasteiger partial charge < -0.3 is 10.1 Å². The second-order valence-electron chi connectivity index (χ2n) is 8.64. The van der Waals surface area contributed by atoms with Crippen molar-refractivity contribution >= 4 is 17.5 Å². The van der Waals surface area contributed by atoms with E-state index in [1.807, 2.05) is 12.1 Å². The number of ether oxygens (including phenoxy) is 1. The normalized spacial score (nSPS) is 24.5. The summed E-state index contributed by atoms with van der Waals surface area (Å²) in [5.74, 6) is 1.60. The van der Waals surface area contributed by atoms with Crippen molar-refractivity contribution in [1.29, 1.82) is 0 Å². The molecular weight excluding hydrogens is 372 g/mol. The van der Waals surface area contributed by atoms with Crippen LogP contribution in [0.2, 0.25) is 5.02 Å². The number of fused-ring (bicyclic) bond motifs is 2. The molecule has 1 atom stereocenters. The number of hydrogen-bond acceptors (Lipinski definition) is 5. The van der Waals surface area contributed by atoms with E-state index in [0.717, 1.165) is 61.8 Å². The molecule has 3 heterocycles. The van der Waals surface area contributed by atoms with Gasteiger partial charge in [-0.2, -0.15) is 0 Å². The Balaban J connectivity index is 1.37. The summed E-state index contributed by atoms with van der Waals surface area (Å²) < 4.78 is 6.03. The van der Waals surface area contributed by atoms with E-state index in [2.05, 4.69) is 29.3 Å². The molecule has 2 aliphatic heterocycles. The fourth-order valence-electron chi connectivity index (χ4n) is 4.51. The number of nitrogens with one attached hydrogen (secondary N) is 1. The molecule has 1 saturated heterocycles. The van der Waals surface area contributed by atoms with Gasteiger partial charge in [0.2, 0.25) is 5.95 Å². The third-order valence-electron chi connectivity index (χ3n) is 6.34. The Kier molecular flexibility index (Phi) is 4.77. The van der Waals surface area contributed by atoms with E-state index in [1.165, 1.54) is 29.7 Å². The number of aryl methyl sites for hydroxylation is 1. The molecule has 0 radical (unpaired) electrons. The van der Waals surface area contributed by atoms with Crippen molar-refractivity contribution in [3.8, 4) is 0 Å². The third kappa shape index (κ3) is 3.63. The first-order valence-electron chi connectivity index (χ1n) is 10.3. The van der Waals surface area contributed by atoms with Crippen LogP contribution in [-0.4, -0.2) is 41.1 Å². The number of likely N-dealkylation sites (tertiary alicyclic amines) is 1. The number of benzene rings is 1. The molecule has 0 bridgehead atoms. The first kappa shape index (κ1) is 18.3. The summed E-state index contributed by atoms with van der Waals surface area (Å²) in [4.78, 5) is 12.2. The van der Waals surface area contributed by atoms with Gasteiger partial charge in [-0.05, 0) is 56.3 Å². The minimum absolute atomic E-state index is 0.0241. The highest BCUT2D eigenvalue weighted by molar-refractivity contribution is 6.30. The molecule has 5 nitrogen and oxygen atoms in total. The van der Waals surface area contributed by atoms with Gasteiger partial charge in [0, 0.05) is 35.9 Å². The summed E-state index contributed by atoms with van der Waals surface area (Å²) in [6.07, 6.45) is 3.73. The molecule has 1 aromatic carbocycles. The zero-order valence-corrected chi connectivity index (χ0v) is 17.1. The number of aromatic nitrogens is 2. The molecule has 1 N–H and O–H groups in total. The number of hydrogen-bond donors (Lipinski definition) is 1. The van der Waals surface area contributed by atoms with Gasteiger partial charge in [0.15, 0.2) is 0 Å². The van der Waals surface area contributed by atoms with Gasteiger partial charge in [-0.15, -0.1) is 0 Å². The Labute approximate surface area is 171 Å². The van der Waals surface area contributed by atoms with E-state index in [-0.39, 0.29) is 5.41 Å². The summed E-state index contributed by atoms with van der Waals surface area (Å²) in [6.45, 7) is 7.42. The maximum absolute atomic E-state index is 6.03. The summed E-state index contributed by atoms with van der Waals surface area (Å²) in [7, 11) is 0. The molecule has 28 heavy (non-hydrogen) atoms. The van der Waals surface area contributed by atoms with Crippen LogP contribution in [0, 0.1) is 12.8 Å². The third-order valence-corrected chi connectivity index (χ3v) is 6.59. The van der Waals surface area contributed by atoms with Gasteiger partial charge in [-0.3, -0.25) is 4.90 Å². The van der Waals surface area contributed by atoms with Crippen LogP contribution < -0.4 is 5.32 Å². The van der Waals surface area contributed by atoms with E-state index in [0.29, 0.717) is 6.61 Å². The van der Waals surface area contributed by atoms with E-state index in [9.17, 15) is 0 Å². The second-order valence-corrected chi connectivity index (χ2v) is 9.08. The van der Waals surface area contributed by atoms with Gasteiger partial charge >= 0.3 is 0 Å². The zero-order valence-electron chi connectivity index (χ0n) is 16.4. The molecule has 1 aromatic heterocycles. The fourth-order valence-corrected chi connectivity index (χ4v) is 4.64. The lowest BCUT2D eigenvalue weighted by atomic mass is 9.80. The van der Waals surface area contributed by atoms with Gasteiger partial charge in [-0.1, -0.05) is 23.7 Å². The Hall–Kier alpha value is -1.69. The van der Waals surface area contributed by atoms with Crippen LogP contribution in [0.15, 0.2) is 24.3 Å². The molecule has 0 amide bonds. The van der Waals surface area contributed by atoms with Crippen LogP contribution in [0.1, 0.15) is 41.8 Å². The second kappa shape index (κ2) is 7.29. The average Bonchev–Trinajstić information content (AvgIpc) is 3.44. The minimum atomic E-state index is -0.0241. The molecule has 1 saturated carbocycles. The Morgan fingerprint density at radius 3 is 2.86 bits per heavy atom. The highest BCUT2D eigenvalue weighted by Crippen LogP contribution is 2.40. The predicted molar refractivity (Wildman–Crippen MR) is 111 cm³/mol. The zero-order chi connectivity index (χ0) is 19.1. The fraction of sp³-hybridized carbons (Fsp3) is 0.545. The van der Waals surface area contributed by atoms with Crippen molar-refractivity contribution in [3.05, 3.63) is 51.8 Å². The van der Waals surface area contributed by atoms with E-state index >= 15 is 0 Å². The topological polar surface area (TPSA) is 50.3 Å². The number of nitrogens with zero attached hydrogens (tertiary/aromatic N) is 3. The van der Waals surface area contributed by atoms with Crippen LogP contribution >= 0.6 is 11.6 Å².